The molecule has 0 saturated heterocycles. The Hall–Kier alpha value is -0.670. The van der Waals surface area contributed by atoms with Crippen LogP contribution in [0.25, 0.3) is 0 Å². The minimum atomic E-state index is 0.324. The highest BCUT2D eigenvalue weighted by atomic mass is 32.2. The van der Waals surface area contributed by atoms with Crippen molar-refractivity contribution in [2.75, 3.05) is 7.11 Å². The standard InChI is InChI=1S/C15H23NOS/c1-15(2)9-8-13(16)14(10-15)18-12-6-4-11(17-3)5-7-12/h4-7,13-14H,8-10,16H2,1-3H3. The molecule has 2 N–H and O–H groups in total. The Morgan fingerprint density at radius 1 is 1.28 bits per heavy atom. The molecule has 1 fully saturated rings. The second-order valence-corrected chi connectivity index (χ2v) is 7.22. The first-order chi connectivity index (χ1) is 8.50. The maximum atomic E-state index is 6.26. The van der Waals surface area contributed by atoms with Gasteiger partial charge in [-0.3, -0.25) is 0 Å². The molecule has 0 spiro atoms. The van der Waals surface area contributed by atoms with Crippen LogP contribution < -0.4 is 10.5 Å². The quantitative estimate of drug-likeness (QED) is 0.905. The number of thioether (sulfide) groups is 1. The van der Waals surface area contributed by atoms with Crippen LogP contribution in [0.3, 0.4) is 0 Å². The predicted octanol–water partition coefficient (Wildman–Crippen LogP) is 3.69. The van der Waals surface area contributed by atoms with Gasteiger partial charge in [-0.2, -0.15) is 0 Å². The van der Waals surface area contributed by atoms with Crippen LogP contribution in [0.4, 0.5) is 0 Å². The molecule has 1 saturated carbocycles. The van der Waals surface area contributed by atoms with Crippen molar-refractivity contribution < 1.29 is 4.74 Å². The van der Waals surface area contributed by atoms with E-state index in [0.29, 0.717) is 16.7 Å². The molecule has 2 unspecified atom stereocenters. The third kappa shape index (κ3) is 3.42. The van der Waals surface area contributed by atoms with E-state index in [0.717, 1.165) is 12.2 Å². The van der Waals surface area contributed by atoms with Gasteiger partial charge in [-0.25, -0.2) is 0 Å². The van der Waals surface area contributed by atoms with E-state index in [1.165, 1.54) is 17.7 Å². The van der Waals surface area contributed by atoms with Gasteiger partial charge in [0, 0.05) is 16.2 Å². The minimum Gasteiger partial charge on any atom is -0.497 e. The molecule has 18 heavy (non-hydrogen) atoms. The lowest BCUT2D eigenvalue weighted by molar-refractivity contribution is 0.232. The van der Waals surface area contributed by atoms with E-state index < -0.39 is 0 Å². The Morgan fingerprint density at radius 2 is 1.94 bits per heavy atom. The van der Waals surface area contributed by atoms with Crippen molar-refractivity contribution in [2.24, 2.45) is 11.1 Å². The van der Waals surface area contributed by atoms with Gasteiger partial charge >= 0.3 is 0 Å². The van der Waals surface area contributed by atoms with E-state index in [1.807, 2.05) is 23.9 Å². The van der Waals surface area contributed by atoms with Crippen molar-refractivity contribution in [3.05, 3.63) is 24.3 Å². The van der Waals surface area contributed by atoms with E-state index >= 15 is 0 Å². The lowest BCUT2D eigenvalue weighted by Crippen LogP contribution is -2.41. The average molecular weight is 265 g/mol. The summed E-state index contributed by atoms with van der Waals surface area (Å²) in [5.74, 6) is 0.910. The van der Waals surface area contributed by atoms with Gasteiger partial charge in [0.25, 0.3) is 0 Å². The Kier molecular flexibility index (Phi) is 4.23. The summed E-state index contributed by atoms with van der Waals surface area (Å²) >= 11 is 1.91. The van der Waals surface area contributed by atoms with E-state index in [-0.39, 0.29) is 0 Å². The van der Waals surface area contributed by atoms with Crippen LogP contribution in [0, 0.1) is 5.41 Å². The molecule has 1 aliphatic rings. The molecule has 2 nitrogen and oxygen atoms in total. The number of ether oxygens (including phenoxy) is 1. The zero-order valence-electron chi connectivity index (χ0n) is 11.5. The van der Waals surface area contributed by atoms with E-state index in [4.69, 9.17) is 10.5 Å². The third-order valence-electron chi connectivity index (χ3n) is 3.73. The summed E-state index contributed by atoms with van der Waals surface area (Å²) in [6.07, 6.45) is 3.58. The van der Waals surface area contributed by atoms with Crippen LogP contribution in [0.5, 0.6) is 5.75 Å². The fourth-order valence-electron chi connectivity index (χ4n) is 2.50. The van der Waals surface area contributed by atoms with Crippen LogP contribution in [0.15, 0.2) is 29.2 Å². The highest BCUT2D eigenvalue weighted by Gasteiger charge is 2.33. The molecule has 0 radical (unpaired) electrons. The van der Waals surface area contributed by atoms with Gasteiger partial charge in [0.15, 0.2) is 0 Å². The third-order valence-corrected chi connectivity index (χ3v) is 5.10. The lowest BCUT2D eigenvalue weighted by atomic mass is 9.75. The van der Waals surface area contributed by atoms with Gasteiger partial charge < -0.3 is 10.5 Å². The van der Waals surface area contributed by atoms with Crippen molar-refractivity contribution in [3.63, 3.8) is 0 Å². The molecule has 0 amide bonds. The monoisotopic (exact) mass is 265 g/mol. The maximum absolute atomic E-state index is 6.26. The van der Waals surface area contributed by atoms with Gasteiger partial charge in [0.1, 0.15) is 5.75 Å². The summed E-state index contributed by atoms with van der Waals surface area (Å²) < 4.78 is 5.18. The first-order valence-corrected chi connectivity index (χ1v) is 7.44. The second-order valence-electron chi connectivity index (χ2n) is 5.90. The zero-order chi connectivity index (χ0) is 13.2. The molecular weight excluding hydrogens is 242 g/mol. The molecule has 1 aliphatic carbocycles. The zero-order valence-corrected chi connectivity index (χ0v) is 12.3. The topological polar surface area (TPSA) is 35.2 Å². The van der Waals surface area contributed by atoms with Crippen molar-refractivity contribution in [1.29, 1.82) is 0 Å². The number of nitrogens with two attached hydrogens (primary N) is 1. The number of benzene rings is 1. The van der Waals surface area contributed by atoms with Crippen molar-refractivity contribution in [2.45, 2.75) is 49.3 Å². The summed E-state index contributed by atoms with van der Waals surface area (Å²) in [5.41, 5.74) is 6.69. The minimum absolute atomic E-state index is 0.324. The number of hydrogen-bond donors (Lipinski definition) is 1. The summed E-state index contributed by atoms with van der Waals surface area (Å²) in [4.78, 5) is 1.29. The van der Waals surface area contributed by atoms with Crippen LogP contribution >= 0.6 is 11.8 Å². The smallest absolute Gasteiger partial charge is 0.118 e. The largest absolute Gasteiger partial charge is 0.497 e. The van der Waals surface area contributed by atoms with Crippen LogP contribution in [0.2, 0.25) is 0 Å². The molecule has 1 aromatic rings. The first-order valence-electron chi connectivity index (χ1n) is 6.56. The normalized spacial score (nSPS) is 26.9. The second kappa shape index (κ2) is 5.54. The highest BCUT2D eigenvalue weighted by molar-refractivity contribution is 8.00. The number of methoxy groups -OCH3 is 1. The molecule has 100 valence electrons. The van der Waals surface area contributed by atoms with Crippen molar-refractivity contribution in [1.82, 2.24) is 0 Å². The molecule has 0 bridgehead atoms. The summed E-state index contributed by atoms with van der Waals surface area (Å²) in [5, 5.41) is 0.530. The summed E-state index contributed by atoms with van der Waals surface area (Å²) in [6.45, 7) is 4.70. The molecule has 0 heterocycles. The Bertz CT molecular complexity index is 388. The van der Waals surface area contributed by atoms with Crippen LogP contribution in [-0.4, -0.2) is 18.4 Å². The number of hydrogen-bond acceptors (Lipinski definition) is 3. The number of rotatable bonds is 3. The van der Waals surface area contributed by atoms with Crippen molar-refractivity contribution in [3.8, 4) is 5.75 Å². The first kappa shape index (κ1) is 13.8. The predicted molar refractivity (Wildman–Crippen MR) is 78.2 cm³/mol. The Morgan fingerprint density at radius 3 is 2.56 bits per heavy atom. The van der Waals surface area contributed by atoms with E-state index in [1.54, 1.807) is 7.11 Å². The molecule has 0 aliphatic heterocycles. The summed E-state index contributed by atoms with van der Waals surface area (Å²) in [6, 6.07) is 8.60. The fraction of sp³-hybridized carbons (Fsp3) is 0.600. The maximum Gasteiger partial charge on any atom is 0.118 e. The van der Waals surface area contributed by atoms with Gasteiger partial charge in [0.05, 0.1) is 7.11 Å². The molecule has 2 atom stereocenters. The van der Waals surface area contributed by atoms with Crippen LogP contribution in [-0.2, 0) is 0 Å². The lowest BCUT2D eigenvalue weighted by Gasteiger charge is -2.38. The molecule has 1 aromatic carbocycles. The van der Waals surface area contributed by atoms with Crippen LogP contribution in [0.1, 0.15) is 33.1 Å². The Balaban J connectivity index is 2.02. The molecule has 3 heteroatoms. The van der Waals surface area contributed by atoms with E-state index in [2.05, 4.69) is 26.0 Å². The Labute approximate surface area is 114 Å². The average Bonchev–Trinajstić information content (AvgIpc) is 2.35. The van der Waals surface area contributed by atoms with Gasteiger partial charge in [-0.15, -0.1) is 11.8 Å². The summed E-state index contributed by atoms with van der Waals surface area (Å²) in [7, 11) is 1.70. The highest BCUT2D eigenvalue weighted by Crippen LogP contribution is 2.42. The molecule has 2 rings (SSSR count). The SMILES string of the molecule is COc1ccc(SC2CC(C)(C)CCC2N)cc1. The van der Waals surface area contributed by atoms with E-state index in [9.17, 15) is 0 Å². The van der Waals surface area contributed by atoms with Gasteiger partial charge in [-0.1, -0.05) is 13.8 Å². The molecule has 0 aromatic heterocycles. The fourth-order valence-corrected chi connectivity index (χ4v) is 3.99. The van der Waals surface area contributed by atoms with Gasteiger partial charge in [0.2, 0.25) is 0 Å². The van der Waals surface area contributed by atoms with Crippen molar-refractivity contribution >= 4 is 11.8 Å². The molecular formula is C15H23NOS. The van der Waals surface area contributed by atoms with Gasteiger partial charge in [-0.05, 0) is 48.9 Å².